The molecule has 1 unspecified atom stereocenters. The number of aromatic nitrogens is 3. The van der Waals surface area contributed by atoms with E-state index in [0.717, 1.165) is 61.3 Å². The molecule has 6 nitrogen and oxygen atoms in total. The summed E-state index contributed by atoms with van der Waals surface area (Å²) in [5, 5.41) is 0. The van der Waals surface area contributed by atoms with Crippen molar-refractivity contribution in [3.05, 3.63) is 51.0 Å². The van der Waals surface area contributed by atoms with Gasteiger partial charge in [-0.05, 0) is 57.1 Å². The number of carbonyl (C=O) groups is 1. The van der Waals surface area contributed by atoms with E-state index >= 15 is 0 Å². The zero-order valence-electron chi connectivity index (χ0n) is 14.8. The highest BCUT2D eigenvalue weighted by atomic mass is 16.2. The minimum atomic E-state index is -0.257. The van der Waals surface area contributed by atoms with Crippen molar-refractivity contribution >= 4 is 5.91 Å². The van der Waals surface area contributed by atoms with Crippen LogP contribution >= 0.6 is 0 Å². The minimum absolute atomic E-state index is 0.0540. The molecule has 4 rings (SSSR count). The number of rotatable bonds is 2. The number of hydrogen-bond donors (Lipinski definition) is 1. The molecule has 1 N–H and O–H groups in total. The fraction of sp³-hybridized carbons (Fsp3) is 0.526. The standard InChI is InChI=1S/C19H24N4O2/c1-12-11-22(2)17(20-12)16-8-5-9-23(16)19(25)14-10-13-6-3-4-7-15(13)21-18(14)24/h10-11,16H,3-9H2,1-2H3,(H,21,24). The van der Waals surface area contributed by atoms with Gasteiger partial charge < -0.3 is 14.5 Å². The van der Waals surface area contributed by atoms with Gasteiger partial charge in [0.2, 0.25) is 0 Å². The van der Waals surface area contributed by atoms with Crippen LogP contribution in [0.4, 0.5) is 0 Å². The summed E-state index contributed by atoms with van der Waals surface area (Å²) in [4.78, 5) is 35.0. The Morgan fingerprint density at radius 1 is 1.28 bits per heavy atom. The topological polar surface area (TPSA) is 71.0 Å². The van der Waals surface area contributed by atoms with Crippen LogP contribution in [0.2, 0.25) is 0 Å². The normalized spacial score (nSPS) is 19.9. The Balaban J connectivity index is 1.68. The van der Waals surface area contributed by atoms with E-state index in [4.69, 9.17) is 0 Å². The van der Waals surface area contributed by atoms with E-state index < -0.39 is 0 Å². The molecule has 1 amide bonds. The van der Waals surface area contributed by atoms with E-state index in [1.54, 1.807) is 0 Å². The number of hydrogen-bond acceptors (Lipinski definition) is 3. The highest BCUT2D eigenvalue weighted by Gasteiger charge is 2.34. The number of imidazole rings is 1. The van der Waals surface area contributed by atoms with Crippen LogP contribution in [0.15, 0.2) is 17.1 Å². The maximum absolute atomic E-state index is 13.1. The summed E-state index contributed by atoms with van der Waals surface area (Å²) in [6.07, 6.45) is 7.85. The van der Waals surface area contributed by atoms with Crippen molar-refractivity contribution in [2.24, 2.45) is 7.05 Å². The van der Waals surface area contributed by atoms with Gasteiger partial charge in [0.05, 0.1) is 11.7 Å². The third-order valence-corrected chi connectivity index (χ3v) is 5.41. The first-order valence-electron chi connectivity index (χ1n) is 9.10. The molecule has 2 aromatic rings. The van der Waals surface area contributed by atoms with Gasteiger partial charge in [0.25, 0.3) is 11.5 Å². The average molecular weight is 340 g/mol. The van der Waals surface area contributed by atoms with Gasteiger partial charge in [0, 0.05) is 25.5 Å². The van der Waals surface area contributed by atoms with Crippen LogP contribution in [0.3, 0.4) is 0 Å². The molecule has 1 saturated heterocycles. The molecule has 25 heavy (non-hydrogen) atoms. The molecule has 1 aliphatic heterocycles. The van der Waals surface area contributed by atoms with Gasteiger partial charge in [-0.1, -0.05) is 0 Å². The van der Waals surface area contributed by atoms with Crippen LogP contribution in [0.5, 0.6) is 0 Å². The maximum Gasteiger partial charge on any atom is 0.261 e. The van der Waals surface area contributed by atoms with Crippen LogP contribution in [0.1, 0.15) is 64.9 Å². The molecule has 3 heterocycles. The number of carbonyl (C=O) groups excluding carboxylic acids is 1. The number of H-pyrrole nitrogens is 1. The van der Waals surface area contributed by atoms with Crippen LogP contribution < -0.4 is 5.56 Å². The fourth-order valence-corrected chi connectivity index (χ4v) is 4.21. The van der Waals surface area contributed by atoms with Crippen LogP contribution in [0.25, 0.3) is 0 Å². The first-order chi connectivity index (χ1) is 12.0. The van der Waals surface area contributed by atoms with Crippen molar-refractivity contribution in [1.82, 2.24) is 19.4 Å². The minimum Gasteiger partial charge on any atom is -0.336 e. The summed E-state index contributed by atoms with van der Waals surface area (Å²) in [5.41, 5.74) is 3.09. The summed E-state index contributed by atoms with van der Waals surface area (Å²) in [6, 6.07) is 1.77. The predicted molar refractivity (Wildman–Crippen MR) is 94.7 cm³/mol. The molecule has 1 aliphatic carbocycles. The zero-order chi connectivity index (χ0) is 17.6. The first-order valence-corrected chi connectivity index (χ1v) is 9.10. The second-order valence-electron chi connectivity index (χ2n) is 7.23. The molecule has 0 aromatic carbocycles. The van der Waals surface area contributed by atoms with Crippen molar-refractivity contribution in [3.8, 4) is 0 Å². The second kappa shape index (κ2) is 6.17. The van der Waals surface area contributed by atoms with Crippen molar-refractivity contribution < 1.29 is 4.79 Å². The molecule has 1 atom stereocenters. The molecule has 132 valence electrons. The van der Waals surface area contributed by atoms with Gasteiger partial charge in [0.15, 0.2) is 0 Å². The van der Waals surface area contributed by atoms with Crippen LogP contribution in [-0.2, 0) is 19.9 Å². The van der Waals surface area contributed by atoms with Crippen LogP contribution in [0, 0.1) is 6.92 Å². The van der Waals surface area contributed by atoms with Gasteiger partial charge in [-0.3, -0.25) is 9.59 Å². The third-order valence-electron chi connectivity index (χ3n) is 5.41. The molecule has 0 spiro atoms. The highest BCUT2D eigenvalue weighted by molar-refractivity contribution is 5.94. The monoisotopic (exact) mass is 340 g/mol. The largest absolute Gasteiger partial charge is 0.336 e. The van der Waals surface area contributed by atoms with E-state index in [1.807, 2.05) is 35.7 Å². The van der Waals surface area contributed by atoms with Crippen molar-refractivity contribution in [3.63, 3.8) is 0 Å². The smallest absolute Gasteiger partial charge is 0.261 e. The van der Waals surface area contributed by atoms with E-state index in [9.17, 15) is 9.59 Å². The second-order valence-corrected chi connectivity index (χ2v) is 7.23. The summed E-state index contributed by atoms with van der Waals surface area (Å²) < 4.78 is 1.99. The molecule has 0 radical (unpaired) electrons. The summed E-state index contributed by atoms with van der Waals surface area (Å²) in [6.45, 7) is 2.63. The molecule has 6 heteroatoms. The van der Waals surface area contributed by atoms with E-state index in [0.29, 0.717) is 6.54 Å². The number of aromatic amines is 1. The Hall–Kier alpha value is -2.37. The van der Waals surface area contributed by atoms with Gasteiger partial charge in [-0.25, -0.2) is 4.98 Å². The number of nitrogens with zero attached hydrogens (tertiary/aromatic N) is 3. The number of fused-ring (bicyclic) bond motifs is 1. The van der Waals surface area contributed by atoms with Gasteiger partial charge in [0.1, 0.15) is 11.4 Å². The number of aryl methyl sites for hydroxylation is 4. The SMILES string of the molecule is Cc1cn(C)c(C2CCCN2C(=O)c2cc3c([nH]c2=O)CCCC3)n1. The number of nitrogens with one attached hydrogen (secondary N) is 1. The van der Waals surface area contributed by atoms with Crippen molar-refractivity contribution in [1.29, 1.82) is 0 Å². The van der Waals surface area contributed by atoms with Gasteiger partial charge >= 0.3 is 0 Å². The van der Waals surface area contributed by atoms with Crippen molar-refractivity contribution in [2.75, 3.05) is 6.54 Å². The van der Waals surface area contributed by atoms with Crippen molar-refractivity contribution in [2.45, 2.75) is 51.5 Å². The van der Waals surface area contributed by atoms with E-state index in [2.05, 4.69) is 9.97 Å². The molecule has 2 aromatic heterocycles. The summed E-state index contributed by atoms with van der Waals surface area (Å²) in [5.74, 6) is 0.732. The molecule has 0 saturated carbocycles. The Morgan fingerprint density at radius 2 is 2.08 bits per heavy atom. The van der Waals surface area contributed by atoms with E-state index in [-0.39, 0.29) is 23.1 Å². The van der Waals surface area contributed by atoms with E-state index in [1.165, 1.54) is 0 Å². The van der Waals surface area contributed by atoms with Gasteiger partial charge in [-0.2, -0.15) is 0 Å². The molecule has 1 fully saturated rings. The lowest BCUT2D eigenvalue weighted by atomic mass is 9.95. The fourth-order valence-electron chi connectivity index (χ4n) is 4.21. The number of amides is 1. The Bertz CT molecular complexity index is 880. The first kappa shape index (κ1) is 16.1. The Morgan fingerprint density at radius 3 is 2.84 bits per heavy atom. The summed E-state index contributed by atoms with van der Waals surface area (Å²) in [7, 11) is 1.96. The molecule has 0 bridgehead atoms. The zero-order valence-corrected chi connectivity index (χ0v) is 14.8. The molecule has 2 aliphatic rings. The number of likely N-dealkylation sites (tertiary alicyclic amines) is 1. The summed E-state index contributed by atoms with van der Waals surface area (Å²) >= 11 is 0. The third kappa shape index (κ3) is 2.79. The van der Waals surface area contributed by atoms with Gasteiger partial charge in [-0.15, -0.1) is 0 Å². The lowest BCUT2D eigenvalue weighted by Crippen LogP contribution is -2.36. The molecular weight excluding hydrogens is 316 g/mol. The quantitative estimate of drug-likeness (QED) is 0.912. The highest BCUT2D eigenvalue weighted by Crippen LogP contribution is 2.32. The lowest BCUT2D eigenvalue weighted by Gasteiger charge is -2.25. The molecular formula is C19H24N4O2. The maximum atomic E-state index is 13.1. The Labute approximate surface area is 146 Å². The average Bonchev–Trinajstić information content (AvgIpc) is 3.19. The Kier molecular flexibility index (Phi) is 3.98. The van der Waals surface area contributed by atoms with Crippen LogP contribution in [-0.4, -0.2) is 31.9 Å². The number of pyridine rings is 1. The predicted octanol–water partition coefficient (Wildman–Crippen LogP) is 2.27. The lowest BCUT2D eigenvalue weighted by molar-refractivity contribution is 0.0726.